The van der Waals surface area contributed by atoms with Crippen LogP contribution in [0.2, 0.25) is 0 Å². The van der Waals surface area contributed by atoms with Gasteiger partial charge in [-0.15, -0.1) is 34.0 Å². The molecule has 0 unspecified atom stereocenters. The second kappa shape index (κ2) is 19.9. The van der Waals surface area contributed by atoms with Crippen molar-refractivity contribution in [1.29, 1.82) is 5.26 Å². The molecule has 0 aliphatic carbocycles. The summed E-state index contributed by atoms with van der Waals surface area (Å²) in [4.78, 5) is 11.0. The number of hydrogen-bond donors (Lipinski definition) is 0. The molecule has 0 aliphatic rings. The molecule has 86 heavy (non-hydrogen) atoms. The van der Waals surface area contributed by atoms with Crippen molar-refractivity contribution >= 4 is 116 Å². The third-order valence-corrected chi connectivity index (χ3v) is 20.6. The van der Waals surface area contributed by atoms with Crippen LogP contribution in [0.3, 0.4) is 0 Å². The van der Waals surface area contributed by atoms with Gasteiger partial charge < -0.3 is 4.57 Å². The quantitative estimate of drug-likeness (QED) is 0.152. The third-order valence-electron chi connectivity index (χ3n) is 17.2. The van der Waals surface area contributed by atoms with E-state index in [2.05, 4.69) is 255 Å². The topological polar surface area (TPSA) is 54.5 Å². The van der Waals surface area contributed by atoms with Crippen molar-refractivity contribution in [3.05, 3.63) is 271 Å². The highest BCUT2D eigenvalue weighted by molar-refractivity contribution is 7.26. The first-order valence-corrected chi connectivity index (χ1v) is 31.4. The van der Waals surface area contributed by atoms with Gasteiger partial charge in [0.05, 0.1) is 28.0 Å². The number of aromatic nitrogens is 3. The van der Waals surface area contributed by atoms with Gasteiger partial charge in [0.2, 0.25) is 0 Å². The molecule has 0 spiro atoms. The zero-order chi connectivity index (χ0) is 57.1. The van der Waals surface area contributed by atoms with E-state index in [1.54, 1.807) is 0 Å². The van der Waals surface area contributed by atoms with E-state index in [1.165, 1.54) is 77.0 Å². The van der Waals surface area contributed by atoms with Crippen molar-refractivity contribution in [2.45, 2.75) is 13.8 Å². The van der Waals surface area contributed by atoms with Crippen LogP contribution in [0.5, 0.6) is 0 Å². The lowest BCUT2D eigenvalue weighted by Crippen LogP contribution is -2.05. The number of thiophene rings is 3. The van der Waals surface area contributed by atoms with Gasteiger partial charge in [-0.05, 0) is 144 Å². The molecule has 0 saturated carbocycles. The van der Waals surface area contributed by atoms with Gasteiger partial charge in [-0.2, -0.15) is 5.26 Å². The fourth-order valence-corrected chi connectivity index (χ4v) is 16.5. The Hall–Kier alpha value is -10.3. The van der Waals surface area contributed by atoms with E-state index in [0.29, 0.717) is 17.1 Å². The minimum Gasteiger partial charge on any atom is -0.309 e. The van der Waals surface area contributed by atoms with Gasteiger partial charge in [-0.25, -0.2) is 9.97 Å². The molecule has 5 aromatic heterocycles. The molecular formula is C79H48N4S3. The molecule has 0 radical (unpaired) electrons. The Morgan fingerprint density at radius 3 is 1.21 bits per heavy atom. The second-order valence-corrected chi connectivity index (χ2v) is 25.7. The Balaban J connectivity index is 1.06. The SMILES string of the molecule is Cc1ccc2c(c1)c1cc(C)ccc1n2-c1ccc(-c2c(C#N)c(-c3cc(-c4ccccc4)nc(-c4ccccc4)n3)c(-c3ccc4sc5ccccc5c4c3)c(-c3ccc4sc5ccccc5c4c3)c2-c2ccc3sc4ccccc4c3c2)cc1. The molecule has 0 saturated heterocycles. The minimum atomic E-state index is 0.527. The third kappa shape index (κ3) is 8.06. The van der Waals surface area contributed by atoms with Crippen LogP contribution >= 0.6 is 34.0 Å². The molecule has 4 nitrogen and oxygen atoms in total. The molecule has 17 rings (SSSR count). The monoisotopic (exact) mass is 1150 g/mol. The number of fused-ring (bicyclic) bond motifs is 12. The highest BCUT2D eigenvalue weighted by atomic mass is 32.1. The van der Waals surface area contributed by atoms with Gasteiger partial charge in [-0.3, -0.25) is 0 Å². The van der Waals surface area contributed by atoms with Crippen LogP contribution in [0.25, 0.3) is 166 Å². The maximum absolute atomic E-state index is 12.7. The number of rotatable bonds is 8. The van der Waals surface area contributed by atoms with Crippen molar-refractivity contribution in [2.75, 3.05) is 0 Å². The van der Waals surface area contributed by atoms with Crippen molar-refractivity contribution in [3.8, 4) is 90.2 Å². The lowest BCUT2D eigenvalue weighted by molar-refractivity contribution is 1.18. The van der Waals surface area contributed by atoms with Crippen molar-refractivity contribution in [3.63, 3.8) is 0 Å². The summed E-state index contributed by atoms with van der Waals surface area (Å²) < 4.78 is 9.71. The zero-order valence-corrected chi connectivity index (χ0v) is 49.2. The van der Waals surface area contributed by atoms with Crippen molar-refractivity contribution in [1.82, 2.24) is 14.5 Å². The minimum absolute atomic E-state index is 0.527. The smallest absolute Gasteiger partial charge is 0.160 e. The Bertz CT molecular complexity index is 5560. The summed E-state index contributed by atoms with van der Waals surface area (Å²) in [5.74, 6) is 0.574. The number of aryl methyl sites for hydroxylation is 2. The predicted octanol–water partition coefficient (Wildman–Crippen LogP) is 22.8. The normalized spacial score (nSPS) is 11.8. The second-order valence-electron chi connectivity index (χ2n) is 22.4. The number of nitrogens with zero attached hydrogens (tertiary/aromatic N) is 4. The first-order chi connectivity index (χ1) is 42.4. The predicted molar refractivity (Wildman–Crippen MR) is 367 cm³/mol. The van der Waals surface area contributed by atoms with E-state index in [9.17, 15) is 5.26 Å². The number of nitriles is 1. The van der Waals surface area contributed by atoms with E-state index in [-0.39, 0.29) is 0 Å². The molecule has 17 aromatic rings. The summed E-state index contributed by atoms with van der Waals surface area (Å²) in [6.07, 6.45) is 0. The van der Waals surface area contributed by atoms with Crippen LogP contribution < -0.4 is 0 Å². The van der Waals surface area contributed by atoms with Gasteiger partial charge in [0.15, 0.2) is 5.82 Å². The fraction of sp³-hybridized carbons (Fsp3) is 0.0253. The molecule has 7 heteroatoms. The Morgan fingerprint density at radius 1 is 0.314 bits per heavy atom. The van der Waals surface area contributed by atoms with Crippen LogP contribution in [0.15, 0.2) is 255 Å². The molecule has 0 N–H and O–H groups in total. The number of benzene rings is 12. The first kappa shape index (κ1) is 50.2. The molecule has 0 fully saturated rings. The van der Waals surface area contributed by atoms with E-state index < -0.39 is 0 Å². The fourth-order valence-electron chi connectivity index (χ4n) is 13.3. The molecular weight excluding hydrogens is 1100 g/mol. The summed E-state index contributed by atoms with van der Waals surface area (Å²) in [6.45, 7) is 4.33. The average Bonchev–Trinajstić information content (AvgIpc) is 1.13. The Labute approximate surface area is 508 Å². The van der Waals surface area contributed by atoms with Crippen LogP contribution in [0.1, 0.15) is 16.7 Å². The molecule has 5 heterocycles. The molecule has 0 atom stereocenters. The first-order valence-electron chi connectivity index (χ1n) is 28.9. The van der Waals surface area contributed by atoms with Crippen molar-refractivity contribution < 1.29 is 0 Å². The highest BCUT2D eigenvalue weighted by Crippen LogP contribution is 2.55. The van der Waals surface area contributed by atoms with Gasteiger partial charge in [-0.1, -0.05) is 169 Å². The Kier molecular flexibility index (Phi) is 11.6. The number of hydrogen-bond acceptors (Lipinski definition) is 6. The molecule has 402 valence electrons. The zero-order valence-electron chi connectivity index (χ0n) is 46.8. The molecule has 0 amide bonds. The maximum atomic E-state index is 12.7. The van der Waals surface area contributed by atoms with Gasteiger partial charge >= 0.3 is 0 Å². The summed E-state index contributed by atoms with van der Waals surface area (Å²) in [5.41, 5.74) is 18.0. The standard InChI is InChI=1S/C79H48N4S3/c1-46-25-34-66-58(39-46)59-40-47(2)26-35-67(59)83(66)54-32-27-49(28-33-54)74-63(45-80)78(65-44-64(48-15-5-3-6-16-48)81-79(82-65)50-17-7-4-8-18-50)77(53-31-38-73-62(43-53)57-21-11-14-24-70(57)86-73)76(52-30-37-72-61(42-52)56-20-10-13-23-69(56)85-72)75(74)51-29-36-71-60(41-51)55-19-9-12-22-68(55)84-71/h3-44H,1-2H3. The average molecular weight is 1150 g/mol. The largest absolute Gasteiger partial charge is 0.309 e. The van der Waals surface area contributed by atoms with Crippen LogP contribution in [0, 0.1) is 25.2 Å². The van der Waals surface area contributed by atoms with E-state index in [4.69, 9.17) is 9.97 Å². The van der Waals surface area contributed by atoms with Gasteiger partial charge in [0, 0.05) is 105 Å². The van der Waals surface area contributed by atoms with Gasteiger partial charge in [0.1, 0.15) is 6.07 Å². The lowest BCUT2D eigenvalue weighted by atomic mass is 9.76. The highest BCUT2D eigenvalue weighted by Gasteiger charge is 2.31. The summed E-state index contributed by atoms with van der Waals surface area (Å²) in [6, 6.07) is 95.3. The molecule has 0 bridgehead atoms. The summed E-state index contributed by atoms with van der Waals surface area (Å²) in [7, 11) is 0. The van der Waals surface area contributed by atoms with Crippen LogP contribution in [-0.4, -0.2) is 14.5 Å². The molecule has 0 aliphatic heterocycles. The Morgan fingerprint density at radius 2 is 0.721 bits per heavy atom. The molecule has 12 aromatic carbocycles. The van der Waals surface area contributed by atoms with Crippen molar-refractivity contribution in [2.24, 2.45) is 0 Å². The van der Waals surface area contributed by atoms with Crippen LogP contribution in [-0.2, 0) is 0 Å². The van der Waals surface area contributed by atoms with Gasteiger partial charge in [0.25, 0.3) is 0 Å². The summed E-state index contributed by atoms with van der Waals surface area (Å²) >= 11 is 5.45. The van der Waals surface area contributed by atoms with E-state index in [0.717, 1.165) is 89.0 Å². The maximum Gasteiger partial charge on any atom is 0.160 e. The van der Waals surface area contributed by atoms with E-state index in [1.807, 2.05) is 58.3 Å². The lowest BCUT2D eigenvalue weighted by Gasteiger charge is -2.26. The van der Waals surface area contributed by atoms with Crippen LogP contribution in [0.4, 0.5) is 0 Å². The summed E-state index contributed by atoms with van der Waals surface area (Å²) in [5, 5.41) is 22.3. The van der Waals surface area contributed by atoms with E-state index >= 15 is 0 Å².